The summed E-state index contributed by atoms with van der Waals surface area (Å²) in [6.45, 7) is 0. The molecular weight excluding hydrogens is 672 g/mol. The van der Waals surface area contributed by atoms with Crippen LogP contribution in [0.15, 0.2) is 66.7 Å². The average molecular weight is 709 g/mol. The minimum absolute atomic E-state index is 0.0249. The van der Waals surface area contributed by atoms with Crippen LogP contribution >= 0.6 is 0 Å². The first-order valence-corrected chi connectivity index (χ1v) is 15.4. The van der Waals surface area contributed by atoms with Crippen LogP contribution in [0.1, 0.15) is 36.0 Å². The number of aliphatic hydroxyl groups is 1. The molecule has 0 aliphatic heterocycles. The number of aliphatic carboxylic acids is 1. The molecule has 1 fully saturated rings. The number of hydrogen-bond acceptors (Lipinski definition) is 14. The normalized spacial score (nSPS) is 20.1. The number of phenolic OH excluding ortho intramolecular Hbond substituents is 4. The van der Waals surface area contributed by atoms with Crippen molar-refractivity contribution in [3.8, 4) is 34.5 Å². The van der Waals surface area contributed by atoms with Crippen LogP contribution in [0, 0.1) is 0 Å². The van der Waals surface area contributed by atoms with E-state index in [1.54, 1.807) is 0 Å². The minimum Gasteiger partial charge on any atom is -0.504 e. The highest BCUT2D eigenvalue weighted by Crippen LogP contribution is 2.37. The summed E-state index contributed by atoms with van der Waals surface area (Å²) in [6.07, 6.45) is -2.23. The number of methoxy groups -OCH3 is 2. The van der Waals surface area contributed by atoms with E-state index in [4.69, 9.17) is 23.7 Å². The van der Waals surface area contributed by atoms with Crippen LogP contribution in [-0.4, -0.2) is 92.6 Å². The summed E-state index contributed by atoms with van der Waals surface area (Å²) in [5, 5.41) is 60.3. The molecule has 15 heteroatoms. The topological polar surface area (TPSA) is 236 Å². The largest absolute Gasteiger partial charge is 0.504 e. The average Bonchev–Trinajstić information content (AvgIpc) is 3.09. The van der Waals surface area contributed by atoms with Crippen molar-refractivity contribution in [1.82, 2.24) is 0 Å². The van der Waals surface area contributed by atoms with Gasteiger partial charge in [-0.2, -0.15) is 0 Å². The van der Waals surface area contributed by atoms with E-state index >= 15 is 0 Å². The Balaban J connectivity index is 1.55. The summed E-state index contributed by atoms with van der Waals surface area (Å²) >= 11 is 0. The molecule has 51 heavy (non-hydrogen) atoms. The Labute approximate surface area is 291 Å². The molecule has 1 saturated carbocycles. The van der Waals surface area contributed by atoms with Gasteiger partial charge < -0.3 is 54.3 Å². The second kappa shape index (κ2) is 16.5. The second-order valence-electron chi connectivity index (χ2n) is 11.5. The number of aliphatic hydroxyl groups excluding tert-OH is 1. The summed E-state index contributed by atoms with van der Waals surface area (Å²) in [4.78, 5) is 51.4. The van der Waals surface area contributed by atoms with Gasteiger partial charge in [0.2, 0.25) is 5.60 Å². The van der Waals surface area contributed by atoms with Crippen molar-refractivity contribution in [2.45, 2.75) is 49.6 Å². The van der Waals surface area contributed by atoms with E-state index in [0.29, 0.717) is 16.7 Å². The summed E-state index contributed by atoms with van der Waals surface area (Å²) < 4.78 is 26.5. The number of aromatic hydroxyl groups is 4. The van der Waals surface area contributed by atoms with Gasteiger partial charge >= 0.3 is 23.9 Å². The maximum absolute atomic E-state index is 13.0. The van der Waals surface area contributed by atoms with Crippen molar-refractivity contribution < 1.29 is 73.5 Å². The van der Waals surface area contributed by atoms with Crippen molar-refractivity contribution in [3.05, 3.63) is 83.4 Å². The van der Waals surface area contributed by atoms with E-state index < -0.39 is 66.4 Å². The van der Waals surface area contributed by atoms with Crippen LogP contribution in [0.2, 0.25) is 0 Å². The van der Waals surface area contributed by atoms with E-state index in [9.17, 15) is 49.8 Å². The number of rotatable bonds is 13. The lowest BCUT2D eigenvalue weighted by atomic mass is 9.79. The van der Waals surface area contributed by atoms with Gasteiger partial charge in [0.25, 0.3) is 0 Å². The lowest BCUT2D eigenvalue weighted by molar-refractivity contribution is -0.214. The minimum atomic E-state index is -2.43. The van der Waals surface area contributed by atoms with Crippen LogP contribution in [-0.2, 0) is 39.8 Å². The molecule has 4 atom stereocenters. The van der Waals surface area contributed by atoms with E-state index in [1.165, 1.54) is 81.0 Å². The lowest BCUT2D eigenvalue weighted by Gasteiger charge is -2.42. The molecule has 0 saturated heterocycles. The first-order chi connectivity index (χ1) is 24.2. The number of esters is 3. The summed E-state index contributed by atoms with van der Waals surface area (Å²) in [7, 11) is 2.67. The highest BCUT2D eigenvalue weighted by atomic mass is 16.6. The van der Waals surface area contributed by atoms with E-state index in [-0.39, 0.29) is 41.6 Å². The van der Waals surface area contributed by atoms with Crippen LogP contribution < -0.4 is 9.47 Å². The molecule has 0 aromatic heterocycles. The van der Waals surface area contributed by atoms with Crippen molar-refractivity contribution in [1.29, 1.82) is 0 Å². The van der Waals surface area contributed by atoms with Crippen LogP contribution in [0.3, 0.4) is 0 Å². The Hall–Kier alpha value is -6.22. The molecule has 3 aromatic carbocycles. The third kappa shape index (κ3) is 9.70. The zero-order valence-corrected chi connectivity index (χ0v) is 27.4. The molecular formula is C36H36O15. The molecule has 0 heterocycles. The van der Waals surface area contributed by atoms with Gasteiger partial charge in [-0.3, -0.25) is 4.79 Å². The Bertz CT molecular complexity index is 1830. The predicted molar refractivity (Wildman–Crippen MR) is 177 cm³/mol. The molecule has 0 unspecified atom stereocenters. The number of carbonyl (C=O) groups is 4. The Morgan fingerprint density at radius 1 is 0.745 bits per heavy atom. The van der Waals surface area contributed by atoms with Gasteiger partial charge in [0.05, 0.1) is 20.3 Å². The van der Waals surface area contributed by atoms with Crippen molar-refractivity contribution in [2.75, 3.05) is 14.2 Å². The monoisotopic (exact) mass is 708 g/mol. The first kappa shape index (κ1) is 37.6. The quantitative estimate of drug-likeness (QED) is 0.0647. The predicted octanol–water partition coefficient (Wildman–Crippen LogP) is 3.23. The number of carboxylic acid groups (broad SMARTS) is 1. The smallest absolute Gasteiger partial charge is 0.348 e. The fraction of sp³-hybridized carbons (Fsp3) is 0.278. The second-order valence-corrected chi connectivity index (χ2v) is 11.5. The molecule has 4 rings (SSSR count). The van der Waals surface area contributed by atoms with Crippen LogP contribution in [0.4, 0.5) is 0 Å². The third-order valence-electron chi connectivity index (χ3n) is 7.93. The van der Waals surface area contributed by atoms with Crippen LogP contribution in [0.25, 0.3) is 12.2 Å². The summed E-state index contributed by atoms with van der Waals surface area (Å²) in [5.41, 5.74) is -1.14. The molecule has 1 aliphatic carbocycles. The van der Waals surface area contributed by atoms with Crippen molar-refractivity contribution >= 4 is 36.0 Å². The number of carboxylic acids is 1. The number of carbonyl (C=O) groups excluding carboxylic acids is 3. The summed E-state index contributed by atoms with van der Waals surface area (Å²) in [6, 6.07) is 12.4. The zero-order chi connectivity index (χ0) is 37.3. The number of aryl methyl sites for hydroxylation is 1. The number of ether oxygens (including phenoxy) is 5. The number of benzene rings is 3. The van der Waals surface area contributed by atoms with E-state index in [2.05, 4.69) is 0 Å². The van der Waals surface area contributed by atoms with Crippen LogP contribution in [0.5, 0.6) is 34.5 Å². The maximum atomic E-state index is 13.0. The van der Waals surface area contributed by atoms with Gasteiger partial charge in [-0.05, 0) is 71.7 Å². The fourth-order valence-electron chi connectivity index (χ4n) is 5.31. The first-order valence-electron chi connectivity index (χ1n) is 15.4. The van der Waals surface area contributed by atoms with E-state index in [0.717, 1.165) is 12.2 Å². The Kier molecular flexibility index (Phi) is 12.1. The SMILES string of the molecule is COc1cc(/C=C/C(=O)O[C@H]2[C@H](O)C[C@](OC(=O)/C=C/c3ccc(O)c(OC)c3)(C(=O)O)C[C@H]2OC(=O)CCc2ccc(O)c(O)c2)ccc1O. The number of hydrogen-bond donors (Lipinski definition) is 6. The fourth-order valence-corrected chi connectivity index (χ4v) is 5.31. The van der Waals surface area contributed by atoms with Gasteiger partial charge in [0.15, 0.2) is 40.6 Å². The molecule has 0 radical (unpaired) electrons. The van der Waals surface area contributed by atoms with Gasteiger partial charge in [0.1, 0.15) is 6.10 Å². The van der Waals surface area contributed by atoms with Gasteiger partial charge in [-0.1, -0.05) is 18.2 Å². The highest BCUT2D eigenvalue weighted by Gasteiger charge is 2.56. The molecule has 1 aliphatic rings. The van der Waals surface area contributed by atoms with Crippen molar-refractivity contribution in [2.24, 2.45) is 0 Å². The van der Waals surface area contributed by atoms with Gasteiger partial charge in [0, 0.05) is 31.4 Å². The van der Waals surface area contributed by atoms with Crippen molar-refractivity contribution in [3.63, 3.8) is 0 Å². The maximum Gasteiger partial charge on any atom is 0.348 e. The standard InChI is InChI=1S/C36H36O15/c1-47-28-16-21(4-10-24(28)38)7-13-32(43)50-34-27(41)18-36(35(45)46,51-33(44)14-8-22-5-11-25(39)29(17-22)48-2)19-30(34)49-31(42)12-6-20-3-9-23(37)26(40)15-20/h3-5,7-11,13-17,27,30,34,37-41H,6,12,18-19H2,1-2H3,(H,45,46)/b13-7+,14-8+/t27-,30-,34+,36-/m1/s1. The Morgan fingerprint density at radius 3 is 1.86 bits per heavy atom. The summed E-state index contributed by atoms with van der Waals surface area (Å²) in [5.74, 6) is -5.49. The molecule has 15 nitrogen and oxygen atoms in total. The molecule has 270 valence electrons. The zero-order valence-electron chi connectivity index (χ0n) is 27.4. The van der Waals surface area contributed by atoms with Gasteiger partial charge in [-0.15, -0.1) is 0 Å². The molecule has 0 spiro atoms. The lowest BCUT2D eigenvalue weighted by Crippen LogP contribution is -2.59. The highest BCUT2D eigenvalue weighted by molar-refractivity contribution is 5.91. The van der Waals surface area contributed by atoms with E-state index in [1.807, 2.05) is 0 Å². The molecule has 6 N–H and O–H groups in total. The molecule has 0 amide bonds. The number of phenols is 4. The molecule has 3 aromatic rings. The third-order valence-corrected chi connectivity index (χ3v) is 7.93. The van der Waals surface area contributed by atoms with Gasteiger partial charge in [-0.25, -0.2) is 14.4 Å². The Morgan fingerprint density at radius 2 is 1.31 bits per heavy atom. The molecule has 0 bridgehead atoms.